The Hall–Kier alpha value is -1.52. The summed E-state index contributed by atoms with van der Waals surface area (Å²) in [6.07, 6.45) is 44.0. The summed E-state index contributed by atoms with van der Waals surface area (Å²) in [5, 5.41) is 0. The number of hydrogen-bond donors (Lipinski definition) is 0. The van der Waals surface area contributed by atoms with Gasteiger partial charge in [-0.2, -0.15) is 0 Å². The molecular weight excluding hydrogens is 769 g/mol. The third-order valence-corrected chi connectivity index (χ3v) is 16.8. The van der Waals surface area contributed by atoms with Crippen LogP contribution >= 0.6 is 0 Å². The zero-order valence-corrected chi connectivity index (χ0v) is 41.9. The highest BCUT2D eigenvalue weighted by molar-refractivity contribution is 7.97. The lowest BCUT2D eigenvalue weighted by atomic mass is 10.1. The van der Waals surface area contributed by atoms with Gasteiger partial charge >= 0.3 is 0 Å². The zero-order valence-electron chi connectivity index (χ0n) is 40.3. The van der Waals surface area contributed by atoms with Gasteiger partial charge in [-0.05, 0) is 73.2 Å². The second-order valence-corrected chi connectivity index (χ2v) is 22.5. The first-order valence-corrected chi connectivity index (χ1v) is 29.5. The van der Waals surface area contributed by atoms with Crippen LogP contribution in [0.1, 0.15) is 254 Å². The largest absolute Gasteiger partial charge is 0.289 e. The molecule has 0 amide bonds. The first-order chi connectivity index (χ1) is 29.5. The molecule has 0 N–H and O–H groups in total. The van der Waals surface area contributed by atoms with Gasteiger partial charge in [-0.25, -0.2) is 0 Å². The molecule has 0 radical (unpaired) electrons. The molecule has 0 saturated heterocycles. The van der Waals surface area contributed by atoms with Gasteiger partial charge in [-0.3, -0.25) is 9.59 Å². The molecular formula is C56H98O2S2+2. The number of ketones is 2. The van der Waals surface area contributed by atoms with Gasteiger partial charge in [0.15, 0.2) is 11.5 Å². The molecule has 0 heterocycles. The molecule has 0 bridgehead atoms. The third kappa shape index (κ3) is 35.0. The Labute approximate surface area is 380 Å². The van der Waals surface area contributed by atoms with E-state index >= 15 is 0 Å². The molecule has 0 aliphatic carbocycles. The fourth-order valence-corrected chi connectivity index (χ4v) is 12.5. The van der Waals surface area contributed by atoms with E-state index in [1.54, 1.807) is 0 Å². The number of hydrogen-bond acceptors (Lipinski definition) is 2. The second kappa shape index (κ2) is 44.1. The standard InChI is InChI=1S/C32H57OS.C24H41OS/c1-3-5-7-9-11-13-15-17-19-24-28-34(30-32(33)31-26-22-21-23-27-31)29-25-20-18-16-14-12-10-8-6-4-2;1-3-5-7-9-11-16-20-26(21-17-12-10-8-6-4-2)22-24(25)23-18-14-13-15-19-23/h21-23,26-27H,3-20,24-25,28-30H2,1-2H3;13-15,18-19H,3-12,16-17,20-22H2,1-2H3/q2*+1. The molecule has 2 rings (SSSR count). The number of unbranched alkanes of at least 4 members (excludes halogenated alkanes) is 28. The van der Waals surface area contributed by atoms with E-state index in [2.05, 4.69) is 27.7 Å². The number of Topliss-reactive ketones (excluding diaryl/α,β-unsaturated/α-hetero) is 2. The summed E-state index contributed by atoms with van der Waals surface area (Å²) in [6, 6.07) is 19.9. The summed E-state index contributed by atoms with van der Waals surface area (Å²) in [5.74, 6) is 7.33. The smallest absolute Gasteiger partial charge is 0.211 e. The van der Waals surface area contributed by atoms with E-state index in [9.17, 15) is 9.59 Å². The Morgan fingerprint density at radius 3 is 0.717 bits per heavy atom. The van der Waals surface area contributed by atoms with Crippen LogP contribution in [-0.2, 0) is 21.8 Å². The van der Waals surface area contributed by atoms with Crippen molar-refractivity contribution in [1.29, 1.82) is 0 Å². The van der Waals surface area contributed by atoms with Crippen molar-refractivity contribution in [3.63, 3.8) is 0 Å². The maximum atomic E-state index is 12.8. The van der Waals surface area contributed by atoms with Gasteiger partial charge in [0.05, 0.1) is 0 Å². The first-order valence-electron chi connectivity index (χ1n) is 26.0. The van der Waals surface area contributed by atoms with Crippen LogP contribution in [0.5, 0.6) is 0 Å². The van der Waals surface area contributed by atoms with Crippen molar-refractivity contribution in [3.8, 4) is 0 Å². The van der Waals surface area contributed by atoms with Crippen LogP contribution in [-0.4, -0.2) is 46.1 Å². The van der Waals surface area contributed by atoms with E-state index in [1.807, 2.05) is 60.7 Å². The average molecular weight is 868 g/mol. The highest BCUT2D eigenvalue weighted by Crippen LogP contribution is 2.17. The summed E-state index contributed by atoms with van der Waals surface area (Å²) in [4.78, 5) is 25.4. The molecule has 344 valence electrons. The van der Waals surface area contributed by atoms with Crippen molar-refractivity contribution in [2.24, 2.45) is 0 Å². The van der Waals surface area contributed by atoms with Gasteiger partial charge in [0.2, 0.25) is 11.6 Å². The van der Waals surface area contributed by atoms with Crippen molar-refractivity contribution in [2.45, 2.75) is 233 Å². The van der Waals surface area contributed by atoms with Gasteiger partial charge in [0, 0.05) is 11.1 Å². The van der Waals surface area contributed by atoms with Crippen LogP contribution in [0.4, 0.5) is 0 Å². The Balaban J connectivity index is 0.000000622. The maximum Gasteiger partial charge on any atom is 0.211 e. The number of carbonyl (C=O) groups excluding carboxylic acids is 2. The first kappa shape index (κ1) is 56.5. The number of carbonyl (C=O) groups is 2. The topological polar surface area (TPSA) is 34.1 Å². The Kier molecular flexibility index (Phi) is 41.5. The van der Waals surface area contributed by atoms with Crippen molar-refractivity contribution in [3.05, 3.63) is 71.8 Å². The van der Waals surface area contributed by atoms with Crippen molar-refractivity contribution < 1.29 is 9.59 Å². The fourth-order valence-electron chi connectivity index (χ4n) is 8.04. The summed E-state index contributed by atoms with van der Waals surface area (Å²) >= 11 is 0. The molecule has 0 unspecified atom stereocenters. The van der Waals surface area contributed by atoms with Crippen LogP contribution in [0.3, 0.4) is 0 Å². The van der Waals surface area contributed by atoms with E-state index in [0.29, 0.717) is 11.6 Å². The SMILES string of the molecule is CCCCCCCCCCCC[S+](CCCCCCCCCCCC)CC(=O)c1ccccc1.CCCCCCCC[S+](CCCCCCCC)CC(=O)c1ccccc1. The van der Waals surface area contributed by atoms with Crippen LogP contribution in [0.15, 0.2) is 60.7 Å². The van der Waals surface area contributed by atoms with Crippen LogP contribution in [0.2, 0.25) is 0 Å². The predicted octanol–water partition coefficient (Wildman–Crippen LogP) is 17.5. The minimum atomic E-state index is 0.270. The van der Waals surface area contributed by atoms with Crippen LogP contribution in [0, 0.1) is 0 Å². The van der Waals surface area contributed by atoms with E-state index in [0.717, 1.165) is 22.6 Å². The highest BCUT2D eigenvalue weighted by atomic mass is 32.2. The summed E-state index contributed by atoms with van der Waals surface area (Å²) in [6.45, 7) is 9.12. The van der Waals surface area contributed by atoms with Gasteiger partial charge in [-0.1, -0.05) is 242 Å². The van der Waals surface area contributed by atoms with Gasteiger partial charge in [0.25, 0.3) is 0 Å². The van der Waals surface area contributed by atoms with E-state index in [4.69, 9.17) is 0 Å². The van der Waals surface area contributed by atoms with E-state index in [-0.39, 0.29) is 21.8 Å². The quantitative estimate of drug-likeness (QED) is 0.0378. The van der Waals surface area contributed by atoms with E-state index < -0.39 is 0 Å². The fraction of sp³-hybridized carbons (Fsp3) is 0.750. The molecule has 0 spiro atoms. The molecule has 0 aromatic heterocycles. The highest BCUT2D eigenvalue weighted by Gasteiger charge is 2.24. The number of benzene rings is 2. The van der Waals surface area contributed by atoms with Crippen molar-refractivity contribution >= 4 is 33.4 Å². The lowest BCUT2D eigenvalue weighted by Crippen LogP contribution is -2.23. The van der Waals surface area contributed by atoms with Crippen molar-refractivity contribution in [2.75, 3.05) is 34.5 Å². The molecule has 4 heteroatoms. The average Bonchev–Trinajstić information content (AvgIpc) is 3.27. The molecule has 2 aromatic carbocycles. The third-order valence-electron chi connectivity index (χ3n) is 12.0. The molecule has 2 nitrogen and oxygen atoms in total. The maximum absolute atomic E-state index is 12.8. The molecule has 0 aliphatic rings. The summed E-state index contributed by atoms with van der Waals surface area (Å²) < 4.78 is 0. The Bertz CT molecular complexity index is 1140. The molecule has 2 aromatic rings. The molecule has 0 fully saturated rings. The van der Waals surface area contributed by atoms with Gasteiger partial charge < -0.3 is 0 Å². The zero-order chi connectivity index (χ0) is 43.4. The molecule has 60 heavy (non-hydrogen) atoms. The van der Waals surface area contributed by atoms with Crippen molar-refractivity contribution in [1.82, 2.24) is 0 Å². The molecule has 0 aliphatic heterocycles. The van der Waals surface area contributed by atoms with Gasteiger partial charge in [0.1, 0.15) is 23.0 Å². The monoisotopic (exact) mass is 867 g/mol. The van der Waals surface area contributed by atoms with Gasteiger partial charge in [-0.15, -0.1) is 0 Å². The molecule has 0 saturated carbocycles. The summed E-state index contributed by atoms with van der Waals surface area (Å²) in [5.41, 5.74) is 1.81. The second-order valence-electron chi connectivity index (χ2n) is 17.8. The lowest BCUT2D eigenvalue weighted by molar-refractivity contribution is 0.101. The number of rotatable bonds is 42. The summed E-state index contributed by atoms with van der Waals surface area (Å²) in [7, 11) is 0.551. The van der Waals surface area contributed by atoms with Crippen LogP contribution in [0.25, 0.3) is 0 Å². The minimum absolute atomic E-state index is 0.270. The van der Waals surface area contributed by atoms with E-state index in [1.165, 1.54) is 228 Å². The van der Waals surface area contributed by atoms with Crippen LogP contribution < -0.4 is 0 Å². The Morgan fingerprint density at radius 1 is 0.300 bits per heavy atom. The lowest BCUT2D eigenvalue weighted by Gasteiger charge is -2.09. The predicted molar refractivity (Wildman–Crippen MR) is 276 cm³/mol. The molecule has 0 atom stereocenters. The Morgan fingerprint density at radius 2 is 0.500 bits per heavy atom. The normalized spacial score (nSPS) is 11.3. The minimum Gasteiger partial charge on any atom is -0.289 e.